The van der Waals surface area contributed by atoms with Crippen LogP contribution in [0.2, 0.25) is 0 Å². The number of carbonyl (C=O) groups excluding carboxylic acids is 1. The van der Waals surface area contributed by atoms with Crippen molar-refractivity contribution >= 4 is 22.0 Å². The zero-order valence-electron chi connectivity index (χ0n) is 9.21. The molecule has 1 fully saturated rings. The lowest BCUT2D eigenvalue weighted by atomic mass is 10.3. The van der Waals surface area contributed by atoms with Gasteiger partial charge in [-0.05, 0) is 12.8 Å². The van der Waals surface area contributed by atoms with Gasteiger partial charge in [-0.1, -0.05) is 0 Å². The van der Waals surface area contributed by atoms with Crippen molar-refractivity contribution in [2.75, 3.05) is 11.0 Å². The molecule has 1 heterocycles. The molecule has 1 aliphatic carbocycles. The minimum Gasteiger partial charge on any atom is -0.489 e. The summed E-state index contributed by atoms with van der Waals surface area (Å²) < 4.78 is 29.9. The van der Waals surface area contributed by atoms with Crippen LogP contribution in [0.15, 0.2) is 12.3 Å². The van der Waals surface area contributed by atoms with Crippen molar-refractivity contribution in [2.24, 2.45) is 0 Å². The molecule has 92 valence electrons. The molecule has 0 bridgehead atoms. The van der Waals surface area contributed by atoms with Crippen LogP contribution in [0.5, 0.6) is 5.75 Å². The van der Waals surface area contributed by atoms with E-state index in [-0.39, 0.29) is 17.5 Å². The topological polar surface area (TPSA) is 85.4 Å². The fourth-order valence-electron chi connectivity index (χ4n) is 1.27. The Balaban J connectivity index is 2.27. The highest BCUT2D eigenvalue weighted by Crippen LogP contribution is 2.28. The second-order valence-corrected chi connectivity index (χ2v) is 5.66. The van der Waals surface area contributed by atoms with E-state index < -0.39 is 10.0 Å². The van der Waals surface area contributed by atoms with Crippen molar-refractivity contribution in [2.45, 2.75) is 18.9 Å². The molecule has 0 aromatic carbocycles. The monoisotopic (exact) mass is 256 g/mol. The van der Waals surface area contributed by atoms with E-state index in [1.807, 2.05) is 0 Å². The summed E-state index contributed by atoms with van der Waals surface area (Å²) in [5.74, 6) is 0.462. The van der Waals surface area contributed by atoms with Gasteiger partial charge in [0.1, 0.15) is 11.4 Å². The molecule has 6 nitrogen and oxygen atoms in total. The molecule has 1 aliphatic rings. The average Bonchev–Trinajstić information content (AvgIpc) is 3.00. The Bertz CT molecular complexity index is 537. The summed E-state index contributed by atoms with van der Waals surface area (Å²) >= 11 is 0. The fraction of sp³-hybridized carbons (Fsp3) is 0.400. The highest BCUT2D eigenvalue weighted by atomic mass is 32.2. The molecule has 0 atom stereocenters. The van der Waals surface area contributed by atoms with Gasteiger partial charge in [0.25, 0.3) is 0 Å². The average molecular weight is 256 g/mol. The number of nitrogens with zero attached hydrogens (tertiary/aromatic N) is 1. The van der Waals surface area contributed by atoms with E-state index in [4.69, 9.17) is 4.74 Å². The third kappa shape index (κ3) is 3.42. The minimum atomic E-state index is -3.44. The van der Waals surface area contributed by atoms with Gasteiger partial charge < -0.3 is 4.74 Å². The normalized spacial score (nSPS) is 15.4. The molecule has 0 radical (unpaired) electrons. The van der Waals surface area contributed by atoms with Crippen LogP contribution in [0.3, 0.4) is 0 Å². The Hall–Kier alpha value is -1.63. The van der Waals surface area contributed by atoms with Crippen LogP contribution in [-0.4, -0.2) is 32.0 Å². The maximum Gasteiger partial charge on any atom is 0.229 e. The van der Waals surface area contributed by atoms with Crippen molar-refractivity contribution in [1.82, 2.24) is 4.98 Å². The van der Waals surface area contributed by atoms with Gasteiger partial charge in [-0.2, -0.15) is 0 Å². The first-order valence-corrected chi connectivity index (χ1v) is 6.97. The summed E-state index contributed by atoms with van der Waals surface area (Å²) in [6, 6.07) is 1.47. The molecule has 0 amide bonds. The van der Waals surface area contributed by atoms with E-state index in [2.05, 4.69) is 9.71 Å². The number of hydrogen-bond donors (Lipinski definition) is 1. The van der Waals surface area contributed by atoms with E-state index in [9.17, 15) is 13.2 Å². The number of pyridine rings is 1. The summed E-state index contributed by atoms with van der Waals surface area (Å²) in [5.41, 5.74) is 0.180. The van der Waals surface area contributed by atoms with Crippen molar-refractivity contribution in [3.8, 4) is 5.75 Å². The number of aldehydes is 1. The van der Waals surface area contributed by atoms with Gasteiger partial charge >= 0.3 is 0 Å². The van der Waals surface area contributed by atoms with Crippen molar-refractivity contribution in [3.05, 3.63) is 18.0 Å². The predicted molar refractivity (Wildman–Crippen MR) is 61.7 cm³/mol. The van der Waals surface area contributed by atoms with Crippen LogP contribution in [-0.2, 0) is 10.0 Å². The van der Waals surface area contributed by atoms with E-state index in [1.165, 1.54) is 12.3 Å². The maximum absolute atomic E-state index is 11.1. The SMILES string of the molecule is CS(=O)(=O)Nc1cc(OC2CC2)cnc1C=O. The lowest BCUT2D eigenvalue weighted by Crippen LogP contribution is -2.12. The van der Waals surface area contributed by atoms with Gasteiger partial charge in [0.05, 0.1) is 24.2 Å². The standard InChI is InChI=1S/C10H12N2O4S/c1-17(14,15)12-9-4-8(16-7-2-3-7)5-11-10(9)6-13/h4-7,12H,2-3H2,1H3. The summed E-state index contributed by atoms with van der Waals surface area (Å²) in [6.45, 7) is 0. The zero-order valence-corrected chi connectivity index (χ0v) is 10.0. The molecular formula is C10H12N2O4S. The Morgan fingerprint density at radius 2 is 2.24 bits per heavy atom. The molecule has 0 aliphatic heterocycles. The Morgan fingerprint density at radius 1 is 1.53 bits per heavy atom. The molecule has 0 unspecified atom stereocenters. The van der Waals surface area contributed by atoms with Crippen LogP contribution in [0, 0.1) is 0 Å². The quantitative estimate of drug-likeness (QED) is 0.788. The van der Waals surface area contributed by atoms with Crippen LogP contribution in [0.4, 0.5) is 5.69 Å². The van der Waals surface area contributed by atoms with Crippen LogP contribution in [0.1, 0.15) is 23.3 Å². The first-order valence-electron chi connectivity index (χ1n) is 5.07. The van der Waals surface area contributed by atoms with Crippen molar-refractivity contribution < 1.29 is 17.9 Å². The Kier molecular flexibility index (Phi) is 3.01. The summed E-state index contributed by atoms with van der Waals surface area (Å²) in [7, 11) is -3.44. The fourth-order valence-corrected chi connectivity index (χ4v) is 1.84. The van der Waals surface area contributed by atoms with E-state index in [0.29, 0.717) is 12.0 Å². The molecule has 17 heavy (non-hydrogen) atoms. The molecule has 1 saturated carbocycles. The van der Waals surface area contributed by atoms with Gasteiger partial charge in [-0.25, -0.2) is 13.4 Å². The largest absolute Gasteiger partial charge is 0.489 e. The predicted octanol–water partition coefficient (Wildman–Crippen LogP) is 0.807. The van der Waals surface area contributed by atoms with E-state index in [0.717, 1.165) is 19.1 Å². The van der Waals surface area contributed by atoms with Gasteiger partial charge in [-0.3, -0.25) is 9.52 Å². The van der Waals surface area contributed by atoms with Crippen LogP contribution >= 0.6 is 0 Å². The molecule has 0 spiro atoms. The minimum absolute atomic E-state index is 0.0403. The molecule has 0 saturated heterocycles. The Labute approximate surface area is 99.1 Å². The Morgan fingerprint density at radius 3 is 2.76 bits per heavy atom. The van der Waals surface area contributed by atoms with E-state index >= 15 is 0 Å². The maximum atomic E-state index is 11.1. The number of hydrogen-bond acceptors (Lipinski definition) is 5. The van der Waals surface area contributed by atoms with Gasteiger partial charge in [0, 0.05) is 6.07 Å². The molecule has 2 rings (SSSR count). The lowest BCUT2D eigenvalue weighted by molar-refractivity contribution is 0.112. The number of rotatable bonds is 5. The molecular weight excluding hydrogens is 244 g/mol. The van der Waals surface area contributed by atoms with Crippen LogP contribution in [0.25, 0.3) is 0 Å². The summed E-state index contributed by atoms with van der Waals surface area (Å²) in [6.07, 6.45) is 5.08. The number of carbonyl (C=O) groups is 1. The van der Waals surface area contributed by atoms with Gasteiger partial charge in [0.15, 0.2) is 6.29 Å². The second-order valence-electron chi connectivity index (χ2n) is 3.91. The number of anilines is 1. The molecule has 1 aromatic rings. The smallest absolute Gasteiger partial charge is 0.229 e. The van der Waals surface area contributed by atoms with Gasteiger partial charge in [0.2, 0.25) is 10.0 Å². The molecule has 7 heteroatoms. The third-order valence-electron chi connectivity index (χ3n) is 2.13. The number of ether oxygens (including phenoxy) is 1. The zero-order chi connectivity index (χ0) is 12.5. The summed E-state index contributed by atoms with van der Waals surface area (Å²) in [4.78, 5) is 14.6. The lowest BCUT2D eigenvalue weighted by Gasteiger charge is -2.09. The summed E-state index contributed by atoms with van der Waals surface area (Å²) in [5, 5.41) is 0. The first-order chi connectivity index (χ1) is 7.98. The van der Waals surface area contributed by atoms with Crippen LogP contribution < -0.4 is 9.46 Å². The number of sulfonamides is 1. The highest BCUT2D eigenvalue weighted by molar-refractivity contribution is 7.92. The third-order valence-corrected chi connectivity index (χ3v) is 2.72. The first kappa shape index (κ1) is 11.8. The molecule has 1 aromatic heterocycles. The second kappa shape index (κ2) is 4.33. The van der Waals surface area contributed by atoms with Crippen molar-refractivity contribution in [1.29, 1.82) is 0 Å². The van der Waals surface area contributed by atoms with E-state index in [1.54, 1.807) is 0 Å². The number of aromatic nitrogens is 1. The molecule has 1 N–H and O–H groups in total. The van der Waals surface area contributed by atoms with Crippen molar-refractivity contribution in [3.63, 3.8) is 0 Å². The van der Waals surface area contributed by atoms with Gasteiger partial charge in [-0.15, -0.1) is 0 Å². The number of nitrogens with one attached hydrogen (secondary N) is 1. The highest BCUT2D eigenvalue weighted by Gasteiger charge is 2.24.